The number of pyridine rings is 1. The minimum absolute atomic E-state index is 0. The molecule has 0 fully saturated rings. The summed E-state index contributed by atoms with van der Waals surface area (Å²) in [6.07, 6.45) is 5.29. The maximum Gasteiger partial charge on any atom is 2.00 e. The Morgan fingerprint density at radius 2 is 1.66 bits per heavy atom. The number of nitrogens with zero attached hydrogens (tertiary/aromatic N) is 5. The number of aryl methyl sites for hydroxylation is 3. The van der Waals surface area contributed by atoms with Gasteiger partial charge in [0.1, 0.15) is 5.82 Å². The van der Waals surface area contributed by atoms with Gasteiger partial charge >= 0.3 is 21.1 Å². The van der Waals surface area contributed by atoms with Crippen molar-refractivity contribution in [1.82, 2.24) is 19.1 Å². The molecule has 7 rings (SSSR count). The summed E-state index contributed by atoms with van der Waals surface area (Å²) in [6, 6.07) is 30.6. The molecule has 0 amide bonds. The zero-order chi connectivity index (χ0) is 29.7. The Labute approximate surface area is 268 Å². The van der Waals surface area contributed by atoms with Crippen molar-refractivity contribution in [2.75, 3.05) is 0 Å². The molecule has 0 aliphatic rings. The number of imidazole rings is 1. The first-order valence-electron chi connectivity index (χ1n) is 13.7. The van der Waals surface area contributed by atoms with Crippen LogP contribution in [-0.4, -0.2) is 19.1 Å². The van der Waals surface area contributed by atoms with E-state index in [1.165, 1.54) is 17.7 Å². The number of rotatable bonds is 5. The van der Waals surface area contributed by atoms with Crippen LogP contribution < -0.4 is 4.74 Å². The molecule has 0 atom stereocenters. The quantitative estimate of drug-likeness (QED) is 0.166. The van der Waals surface area contributed by atoms with E-state index in [0.717, 1.165) is 38.6 Å². The molecule has 216 valence electrons. The molecule has 4 aromatic carbocycles. The van der Waals surface area contributed by atoms with Crippen LogP contribution in [0.25, 0.3) is 44.7 Å². The number of benzene rings is 4. The molecule has 0 saturated carbocycles. The van der Waals surface area contributed by atoms with Gasteiger partial charge in [-0.2, -0.15) is 11.3 Å². The number of halogens is 1. The third-order valence-electron chi connectivity index (χ3n) is 7.44. The monoisotopic (exact) mass is 756 g/mol. The van der Waals surface area contributed by atoms with E-state index in [9.17, 15) is 5.26 Å². The van der Waals surface area contributed by atoms with E-state index in [-0.39, 0.29) is 26.8 Å². The maximum atomic E-state index is 15.0. The maximum absolute atomic E-state index is 15.0. The summed E-state index contributed by atoms with van der Waals surface area (Å²) >= 11 is 0. The van der Waals surface area contributed by atoms with Crippen molar-refractivity contribution in [1.29, 1.82) is 5.26 Å². The van der Waals surface area contributed by atoms with Gasteiger partial charge in [-0.25, -0.2) is 9.37 Å². The van der Waals surface area contributed by atoms with Gasteiger partial charge in [-0.3, -0.25) is 4.98 Å². The molecule has 8 heteroatoms. The van der Waals surface area contributed by atoms with Crippen LogP contribution in [0.3, 0.4) is 0 Å². The third kappa shape index (κ3) is 5.08. The Morgan fingerprint density at radius 3 is 2.41 bits per heavy atom. The second-order valence-electron chi connectivity index (χ2n) is 10.5. The van der Waals surface area contributed by atoms with Crippen molar-refractivity contribution < 1.29 is 30.2 Å². The Hall–Kier alpha value is -5.05. The zero-order valence-corrected chi connectivity index (χ0v) is 26.3. The number of nitriles is 1. The van der Waals surface area contributed by atoms with E-state index < -0.39 is 5.82 Å². The number of hydrogen-bond donors (Lipinski definition) is 0. The topological polar surface area (TPSA) is 68.7 Å². The van der Waals surface area contributed by atoms with Crippen LogP contribution in [-0.2, 0) is 21.1 Å². The first kappa shape index (κ1) is 29.0. The smallest absolute Gasteiger partial charge is 0.503 e. The van der Waals surface area contributed by atoms with Gasteiger partial charge in [-0.05, 0) is 67.6 Å². The van der Waals surface area contributed by atoms with Crippen molar-refractivity contribution in [2.24, 2.45) is 0 Å². The fraction of sp³-hybridized carbons (Fsp3) is 0.0833. The summed E-state index contributed by atoms with van der Waals surface area (Å²) in [6.45, 7) is 6.18. The van der Waals surface area contributed by atoms with Gasteiger partial charge in [0.2, 0.25) is 0 Å². The second-order valence-corrected chi connectivity index (χ2v) is 10.5. The summed E-state index contributed by atoms with van der Waals surface area (Å²) in [7, 11) is 0. The summed E-state index contributed by atoms with van der Waals surface area (Å²) in [5, 5.41) is 11.3. The van der Waals surface area contributed by atoms with Gasteiger partial charge in [0.25, 0.3) is 0 Å². The van der Waals surface area contributed by atoms with Crippen LogP contribution in [0.2, 0.25) is 0 Å². The van der Waals surface area contributed by atoms with Crippen molar-refractivity contribution in [2.45, 2.75) is 20.8 Å². The molecule has 0 spiro atoms. The average molecular weight is 757 g/mol. The average Bonchev–Trinajstić information content (AvgIpc) is 3.59. The molecular weight excluding hydrogens is 733 g/mol. The van der Waals surface area contributed by atoms with Gasteiger partial charge in [0, 0.05) is 47.1 Å². The van der Waals surface area contributed by atoms with Gasteiger partial charge in [-0.15, -0.1) is 29.1 Å². The van der Waals surface area contributed by atoms with Crippen LogP contribution in [0, 0.1) is 50.1 Å². The SMILES string of the molecule is Cc1cc(C)c(-n2ccnc2-c2[c-]c(Oc3[c-]c4c(cc3)c3cc(C#N)ccc3n4-c3ccccn3)cc(F)c2)c(C)c1.[Pt+2]. The first-order valence-corrected chi connectivity index (χ1v) is 13.7. The summed E-state index contributed by atoms with van der Waals surface area (Å²) in [4.78, 5) is 9.10. The van der Waals surface area contributed by atoms with Gasteiger partial charge in [0.05, 0.1) is 17.5 Å². The number of hydrogen-bond acceptors (Lipinski definition) is 4. The van der Waals surface area contributed by atoms with E-state index >= 15 is 4.39 Å². The van der Waals surface area contributed by atoms with E-state index in [1.807, 2.05) is 51.7 Å². The molecule has 7 aromatic rings. The molecule has 0 saturated heterocycles. The van der Waals surface area contributed by atoms with E-state index in [4.69, 9.17) is 4.74 Å². The molecule has 44 heavy (non-hydrogen) atoms. The Morgan fingerprint density at radius 1 is 0.841 bits per heavy atom. The molecule has 0 radical (unpaired) electrons. The molecule has 0 unspecified atom stereocenters. The van der Waals surface area contributed by atoms with Crippen LogP contribution in [0.5, 0.6) is 11.5 Å². The van der Waals surface area contributed by atoms with Crippen LogP contribution in [0.15, 0.2) is 91.4 Å². The predicted octanol–water partition coefficient (Wildman–Crippen LogP) is 8.36. The minimum Gasteiger partial charge on any atom is -0.503 e. The van der Waals surface area contributed by atoms with Gasteiger partial charge in [0.15, 0.2) is 0 Å². The Bertz CT molecular complexity index is 2210. The fourth-order valence-corrected chi connectivity index (χ4v) is 5.82. The molecule has 3 aromatic heterocycles. The Kier molecular flexibility index (Phi) is 7.63. The molecule has 0 N–H and O–H groups in total. The fourth-order valence-electron chi connectivity index (χ4n) is 5.82. The van der Waals surface area contributed by atoms with Crippen molar-refractivity contribution in [3.8, 4) is 40.5 Å². The normalized spacial score (nSPS) is 11.0. The summed E-state index contributed by atoms with van der Waals surface area (Å²) in [5.74, 6) is 1.37. The summed E-state index contributed by atoms with van der Waals surface area (Å²) in [5.41, 5.74) is 6.99. The molecule has 0 aliphatic carbocycles. The number of fused-ring (bicyclic) bond motifs is 3. The molecule has 0 bridgehead atoms. The van der Waals surface area contributed by atoms with Crippen molar-refractivity contribution in [3.63, 3.8) is 0 Å². The second kappa shape index (κ2) is 11.6. The summed E-state index contributed by atoms with van der Waals surface area (Å²) < 4.78 is 25.1. The molecule has 6 nitrogen and oxygen atoms in total. The largest absolute Gasteiger partial charge is 2.00 e. The molecular formula is C36H24FN5OPt. The van der Waals surface area contributed by atoms with Crippen LogP contribution in [0.1, 0.15) is 22.3 Å². The first-order chi connectivity index (χ1) is 20.9. The Balaban J connectivity index is 0.00000343. The standard InChI is InChI=1S/C36H24FN5O.Pt/c1-22-14-23(2)35(24(3)15-22)41-13-12-40-36(41)26-17-27(37)19-29(18-26)43-28-8-9-30-31-16-25(21-38)7-10-32(31)42(33(30)20-28)34-6-4-5-11-39-34;/h4-17,19H,1-3H3;/q-2;+2. The van der Waals surface area contributed by atoms with Crippen LogP contribution >= 0.6 is 0 Å². The number of aromatic nitrogens is 4. The predicted molar refractivity (Wildman–Crippen MR) is 164 cm³/mol. The van der Waals surface area contributed by atoms with E-state index in [0.29, 0.717) is 28.5 Å². The van der Waals surface area contributed by atoms with Gasteiger partial charge < -0.3 is 13.9 Å². The molecule has 3 heterocycles. The number of ether oxygens (including phenoxy) is 1. The van der Waals surface area contributed by atoms with E-state index in [1.54, 1.807) is 24.5 Å². The van der Waals surface area contributed by atoms with E-state index in [2.05, 4.69) is 61.1 Å². The zero-order valence-electron chi connectivity index (χ0n) is 24.0. The minimum atomic E-state index is -0.469. The van der Waals surface area contributed by atoms with Gasteiger partial charge in [-0.1, -0.05) is 41.4 Å². The molecule has 0 aliphatic heterocycles. The van der Waals surface area contributed by atoms with Crippen molar-refractivity contribution in [3.05, 3.63) is 132 Å². The van der Waals surface area contributed by atoms with Crippen LogP contribution in [0.4, 0.5) is 4.39 Å². The third-order valence-corrected chi connectivity index (χ3v) is 7.44. The van der Waals surface area contributed by atoms with Crippen molar-refractivity contribution >= 4 is 21.8 Å².